The number of nitrogens with zero attached hydrogens (tertiary/aromatic N) is 1. The lowest BCUT2D eigenvalue weighted by atomic mass is 10.1. The number of ether oxygens (including phenoxy) is 1. The molecule has 2 aliphatic rings. The van der Waals surface area contributed by atoms with Gasteiger partial charge in [-0.25, -0.2) is 8.78 Å². The molecule has 0 amide bonds. The van der Waals surface area contributed by atoms with Crippen molar-refractivity contribution in [1.29, 1.82) is 0 Å². The van der Waals surface area contributed by atoms with Crippen molar-refractivity contribution in [3.05, 3.63) is 29.3 Å². The molecule has 1 saturated heterocycles. The molecule has 2 fully saturated rings. The van der Waals surface area contributed by atoms with Gasteiger partial charge in [0.1, 0.15) is 17.3 Å². The van der Waals surface area contributed by atoms with Crippen LogP contribution in [0, 0.1) is 11.6 Å². The molecular formula is C16H22F2N2O. The van der Waals surface area contributed by atoms with E-state index in [-0.39, 0.29) is 11.8 Å². The van der Waals surface area contributed by atoms with Gasteiger partial charge in [-0.15, -0.1) is 0 Å². The number of rotatable bonds is 6. The van der Waals surface area contributed by atoms with Crippen LogP contribution in [0.1, 0.15) is 31.2 Å². The van der Waals surface area contributed by atoms with E-state index in [1.807, 2.05) is 0 Å². The fourth-order valence-corrected chi connectivity index (χ4v) is 2.82. The normalized spacial score (nSPS) is 21.8. The first-order valence-corrected chi connectivity index (χ1v) is 7.67. The third-order valence-electron chi connectivity index (χ3n) is 4.13. The van der Waals surface area contributed by atoms with Gasteiger partial charge in [0.25, 0.3) is 0 Å². The van der Waals surface area contributed by atoms with Crippen LogP contribution in [0.4, 0.5) is 14.5 Å². The van der Waals surface area contributed by atoms with Gasteiger partial charge in [0.2, 0.25) is 0 Å². The van der Waals surface area contributed by atoms with Crippen LogP contribution < -0.4 is 10.2 Å². The van der Waals surface area contributed by atoms with Gasteiger partial charge in [0, 0.05) is 32.8 Å². The van der Waals surface area contributed by atoms with E-state index < -0.39 is 11.6 Å². The Balaban J connectivity index is 1.68. The molecule has 1 aliphatic carbocycles. The van der Waals surface area contributed by atoms with Crippen molar-refractivity contribution in [3.63, 3.8) is 0 Å². The van der Waals surface area contributed by atoms with Crippen LogP contribution in [0.15, 0.2) is 12.1 Å². The molecule has 5 heteroatoms. The van der Waals surface area contributed by atoms with Crippen LogP contribution in [0.2, 0.25) is 0 Å². The number of likely N-dealkylation sites (N-methyl/N-ethyl adjacent to an activating group) is 1. The minimum absolute atomic E-state index is 0.0423. The summed E-state index contributed by atoms with van der Waals surface area (Å²) < 4.78 is 34.0. The van der Waals surface area contributed by atoms with E-state index >= 15 is 0 Å². The first-order valence-electron chi connectivity index (χ1n) is 7.67. The number of hydrogen-bond donors (Lipinski definition) is 1. The van der Waals surface area contributed by atoms with Gasteiger partial charge in [-0.1, -0.05) is 0 Å². The van der Waals surface area contributed by atoms with Crippen molar-refractivity contribution in [2.75, 3.05) is 25.1 Å². The Kier molecular flexibility index (Phi) is 4.40. The molecule has 1 aliphatic heterocycles. The minimum Gasteiger partial charge on any atom is -0.376 e. The molecule has 0 radical (unpaired) electrons. The summed E-state index contributed by atoms with van der Waals surface area (Å²) >= 11 is 0. The number of anilines is 1. The number of halogens is 2. The molecule has 1 heterocycles. The second-order valence-corrected chi connectivity index (χ2v) is 6.08. The zero-order valence-corrected chi connectivity index (χ0v) is 12.4. The Morgan fingerprint density at radius 3 is 2.52 bits per heavy atom. The van der Waals surface area contributed by atoms with Crippen molar-refractivity contribution in [3.8, 4) is 0 Å². The molecule has 0 bridgehead atoms. The molecule has 1 saturated carbocycles. The predicted molar refractivity (Wildman–Crippen MR) is 78.5 cm³/mol. The fraction of sp³-hybridized carbons (Fsp3) is 0.625. The zero-order valence-electron chi connectivity index (χ0n) is 12.4. The molecule has 3 nitrogen and oxygen atoms in total. The van der Waals surface area contributed by atoms with Crippen molar-refractivity contribution < 1.29 is 13.5 Å². The van der Waals surface area contributed by atoms with Crippen LogP contribution in [0.25, 0.3) is 0 Å². The van der Waals surface area contributed by atoms with E-state index in [2.05, 4.69) is 5.32 Å². The van der Waals surface area contributed by atoms with Crippen LogP contribution >= 0.6 is 0 Å². The van der Waals surface area contributed by atoms with E-state index in [1.165, 1.54) is 12.1 Å². The quantitative estimate of drug-likeness (QED) is 0.873. The molecule has 1 unspecified atom stereocenters. The van der Waals surface area contributed by atoms with Crippen LogP contribution in [0.5, 0.6) is 0 Å². The molecule has 1 aromatic rings. The molecule has 0 spiro atoms. The third kappa shape index (κ3) is 3.71. The first-order chi connectivity index (χ1) is 10.1. The standard InChI is InChI=1S/C16H22F2N2O/c1-20(10-13-3-2-6-21-13)16-14(17)7-11(8-15(16)18)9-19-12-4-5-12/h7-8,12-13,19H,2-6,9-10H2,1H3. The van der Waals surface area contributed by atoms with Gasteiger partial charge in [-0.2, -0.15) is 0 Å². The van der Waals surface area contributed by atoms with E-state index in [1.54, 1.807) is 11.9 Å². The lowest BCUT2D eigenvalue weighted by Gasteiger charge is -2.24. The Bertz CT molecular complexity index is 476. The van der Waals surface area contributed by atoms with Crippen molar-refractivity contribution >= 4 is 5.69 Å². The predicted octanol–water partition coefficient (Wildman–Crippen LogP) is 2.83. The summed E-state index contributed by atoms with van der Waals surface area (Å²) in [6.45, 7) is 1.79. The molecule has 0 aromatic heterocycles. The third-order valence-corrected chi connectivity index (χ3v) is 4.13. The van der Waals surface area contributed by atoms with Crippen LogP contribution in [-0.2, 0) is 11.3 Å². The molecule has 1 atom stereocenters. The number of hydrogen-bond acceptors (Lipinski definition) is 3. The highest BCUT2D eigenvalue weighted by Gasteiger charge is 2.23. The minimum atomic E-state index is -0.497. The molecule has 1 aromatic carbocycles. The summed E-state index contributed by atoms with van der Waals surface area (Å²) in [4.78, 5) is 1.62. The van der Waals surface area contributed by atoms with Crippen LogP contribution in [0.3, 0.4) is 0 Å². The van der Waals surface area contributed by atoms with Gasteiger partial charge >= 0.3 is 0 Å². The Morgan fingerprint density at radius 2 is 1.95 bits per heavy atom. The smallest absolute Gasteiger partial charge is 0.149 e. The first kappa shape index (κ1) is 14.7. The zero-order chi connectivity index (χ0) is 14.8. The lowest BCUT2D eigenvalue weighted by Crippen LogP contribution is -2.30. The average molecular weight is 296 g/mol. The largest absolute Gasteiger partial charge is 0.376 e. The average Bonchev–Trinajstić information content (AvgIpc) is 3.12. The van der Waals surface area contributed by atoms with E-state index in [0.29, 0.717) is 24.7 Å². The van der Waals surface area contributed by atoms with Gasteiger partial charge < -0.3 is 15.0 Å². The van der Waals surface area contributed by atoms with Gasteiger partial charge in [-0.05, 0) is 43.4 Å². The summed E-state index contributed by atoms with van der Waals surface area (Å²) in [5.74, 6) is -0.994. The highest BCUT2D eigenvalue weighted by atomic mass is 19.1. The van der Waals surface area contributed by atoms with Crippen molar-refractivity contribution in [2.45, 2.75) is 44.4 Å². The Morgan fingerprint density at radius 1 is 1.24 bits per heavy atom. The second kappa shape index (κ2) is 6.28. The number of benzene rings is 1. The molecule has 3 rings (SSSR count). The summed E-state index contributed by atoms with van der Waals surface area (Å²) in [6, 6.07) is 3.39. The monoisotopic (exact) mass is 296 g/mol. The molecule has 21 heavy (non-hydrogen) atoms. The van der Waals surface area contributed by atoms with Gasteiger partial charge in [-0.3, -0.25) is 0 Å². The fourth-order valence-electron chi connectivity index (χ4n) is 2.82. The SMILES string of the molecule is CN(CC1CCCO1)c1c(F)cc(CNC2CC2)cc1F. The van der Waals surface area contributed by atoms with Gasteiger partial charge in [0.15, 0.2) is 0 Å². The highest BCUT2D eigenvalue weighted by Crippen LogP contribution is 2.26. The lowest BCUT2D eigenvalue weighted by molar-refractivity contribution is 0.116. The Hall–Kier alpha value is -1.20. The van der Waals surface area contributed by atoms with E-state index in [0.717, 1.165) is 32.3 Å². The van der Waals surface area contributed by atoms with Crippen molar-refractivity contribution in [2.24, 2.45) is 0 Å². The second-order valence-electron chi connectivity index (χ2n) is 6.08. The van der Waals surface area contributed by atoms with E-state index in [9.17, 15) is 8.78 Å². The van der Waals surface area contributed by atoms with Crippen LogP contribution in [-0.4, -0.2) is 32.3 Å². The van der Waals surface area contributed by atoms with E-state index in [4.69, 9.17) is 4.74 Å². The summed E-state index contributed by atoms with van der Waals surface area (Å²) in [5.41, 5.74) is 0.701. The summed E-state index contributed by atoms with van der Waals surface area (Å²) in [5, 5.41) is 3.27. The summed E-state index contributed by atoms with van der Waals surface area (Å²) in [7, 11) is 1.71. The molecule has 1 N–H and O–H groups in total. The van der Waals surface area contributed by atoms with Crippen molar-refractivity contribution in [1.82, 2.24) is 5.32 Å². The summed E-state index contributed by atoms with van der Waals surface area (Å²) in [6.07, 6.45) is 4.37. The Labute approximate surface area is 124 Å². The highest BCUT2D eigenvalue weighted by molar-refractivity contribution is 5.50. The topological polar surface area (TPSA) is 24.5 Å². The molecule has 116 valence electrons. The maximum atomic E-state index is 14.2. The number of nitrogens with one attached hydrogen (secondary N) is 1. The maximum Gasteiger partial charge on any atom is 0.149 e. The molecular weight excluding hydrogens is 274 g/mol. The van der Waals surface area contributed by atoms with Gasteiger partial charge in [0.05, 0.1) is 6.10 Å². The maximum absolute atomic E-state index is 14.2.